The molecule has 0 fully saturated rings. The summed E-state index contributed by atoms with van der Waals surface area (Å²) in [6.07, 6.45) is -5.03. The van der Waals surface area contributed by atoms with E-state index in [1.54, 1.807) is 0 Å². The molecule has 0 unspecified atom stereocenters. The molecule has 1 aromatic carbocycles. The van der Waals surface area contributed by atoms with E-state index in [1.165, 1.54) is 6.92 Å². The summed E-state index contributed by atoms with van der Waals surface area (Å²) in [6.45, 7) is 1.28. The number of aryl methyl sites for hydroxylation is 1. The molecule has 0 N–H and O–H groups in total. The molecule has 0 aliphatic heterocycles. The van der Waals surface area contributed by atoms with Crippen molar-refractivity contribution < 1.29 is 22.9 Å². The van der Waals surface area contributed by atoms with Gasteiger partial charge in [0.05, 0.1) is 4.92 Å². The third-order valence-corrected chi connectivity index (χ3v) is 1.93. The van der Waals surface area contributed by atoms with Gasteiger partial charge in [-0.1, -0.05) is 6.07 Å². The Bertz CT molecular complexity index is 454. The van der Waals surface area contributed by atoms with Crippen molar-refractivity contribution in [2.45, 2.75) is 13.1 Å². The molecule has 4 nitrogen and oxygen atoms in total. The predicted molar refractivity (Wildman–Crippen MR) is 48.2 cm³/mol. The fraction of sp³-hybridized carbons (Fsp3) is 0.222. The second-order valence-electron chi connectivity index (χ2n) is 3.08. The van der Waals surface area contributed by atoms with Crippen LogP contribution in [0.3, 0.4) is 0 Å². The lowest BCUT2D eigenvalue weighted by atomic mass is 10.0. The molecule has 0 amide bonds. The number of carbonyl (C=O) groups excluding carboxylic acids is 1. The van der Waals surface area contributed by atoms with Crippen LogP contribution in [-0.4, -0.2) is 16.9 Å². The van der Waals surface area contributed by atoms with E-state index >= 15 is 0 Å². The molecule has 0 aliphatic rings. The number of halogens is 3. The average Bonchev–Trinajstić information content (AvgIpc) is 2.15. The van der Waals surface area contributed by atoms with Gasteiger partial charge in [-0.2, -0.15) is 13.2 Å². The number of nitrogens with zero attached hydrogens (tertiary/aromatic N) is 1. The smallest absolute Gasteiger partial charge is 0.284 e. The van der Waals surface area contributed by atoms with E-state index in [-0.39, 0.29) is 5.56 Å². The van der Waals surface area contributed by atoms with Crippen LogP contribution in [0.5, 0.6) is 0 Å². The molecule has 0 bridgehead atoms. The molecule has 0 spiro atoms. The van der Waals surface area contributed by atoms with Crippen LogP contribution in [0.1, 0.15) is 15.9 Å². The van der Waals surface area contributed by atoms with Crippen molar-refractivity contribution in [2.75, 3.05) is 0 Å². The molecule has 16 heavy (non-hydrogen) atoms. The van der Waals surface area contributed by atoms with Gasteiger partial charge in [-0.25, -0.2) is 0 Å². The van der Waals surface area contributed by atoms with Crippen molar-refractivity contribution in [3.8, 4) is 0 Å². The summed E-state index contributed by atoms with van der Waals surface area (Å²) in [5.74, 6) is -2.08. The summed E-state index contributed by atoms with van der Waals surface area (Å²) in [5.41, 5.74) is -1.19. The number of hydrogen-bond donors (Lipinski definition) is 0. The zero-order chi connectivity index (χ0) is 12.5. The maximum Gasteiger partial charge on any atom is 0.454 e. The maximum atomic E-state index is 12.1. The Morgan fingerprint density at radius 3 is 2.38 bits per heavy atom. The first-order valence-corrected chi connectivity index (χ1v) is 4.10. The van der Waals surface area contributed by atoms with Crippen molar-refractivity contribution in [2.24, 2.45) is 0 Å². The summed E-state index contributed by atoms with van der Waals surface area (Å²) in [4.78, 5) is 20.4. The molecule has 7 heteroatoms. The van der Waals surface area contributed by atoms with Crippen LogP contribution in [0.2, 0.25) is 0 Å². The van der Waals surface area contributed by atoms with Crippen molar-refractivity contribution in [1.29, 1.82) is 0 Å². The third-order valence-electron chi connectivity index (χ3n) is 1.93. The quantitative estimate of drug-likeness (QED) is 0.448. The number of hydrogen-bond acceptors (Lipinski definition) is 3. The van der Waals surface area contributed by atoms with Gasteiger partial charge in [0.15, 0.2) is 0 Å². The number of Topliss-reactive ketones (excluding diaryl/α,β-unsaturated/α-hetero) is 1. The van der Waals surface area contributed by atoms with Crippen LogP contribution in [0, 0.1) is 17.0 Å². The van der Waals surface area contributed by atoms with Gasteiger partial charge in [-0.15, -0.1) is 0 Å². The van der Waals surface area contributed by atoms with Crippen LogP contribution in [0.25, 0.3) is 0 Å². The Hall–Kier alpha value is -1.92. The van der Waals surface area contributed by atoms with Crippen molar-refractivity contribution in [1.82, 2.24) is 0 Å². The zero-order valence-corrected chi connectivity index (χ0v) is 8.04. The Labute approximate surface area is 87.8 Å². The first-order chi connectivity index (χ1) is 7.23. The first kappa shape index (κ1) is 12.2. The molecule has 0 atom stereocenters. The Balaban J connectivity index is 3.28. The highest BCUT2D eigenvalue weighted by molar-refractivity contribution is 6.01. The Kier molecular flexibility index (Phi) is 2.97. The van der Waals surface area contributed by atoms with Crippen LogP contribution in [0.4, 0.5) is 18.9 Å². The van der Waals surface area contributed by atoms with E-state index in [0.717, 1.165) is 12.1 Å². The van der Waals surface area contributed by atoms with Gasteiger partial charge in [0, 0.05) is 17.7 Å². The number of carbonyl (C=O) groups is 1. The van der Waals surface area contributed by atoms with Crippen molar-refractivity contribution in [3.63, 3.8) is 0 Å². The Morgan fingerprint density at radius 1 is 1.38 bits per heavy atom. The van der Waals surface area contributed by atoms with Crippen molar-refractivity contribution >= 4 is 11.5 Å². The lowest BCUT2D eigenvalue weighted by Gasteiger charge is -2.07. The number of ketones is 1. The third kappa shape index (κ3) is 2.36. The molecule has 1 aromatic rings. The van der Waals surface area contributed by atoms with Gasteiger partial charge in [0.1, 0.15) is 0 Å². The van der Waals surface area contributed by atoms with E-state index in [4.69, 9.17) is 0 Å². The number of alkyl halides is 3. The monoisotopic (exact) mass is 233 g/mol. The molecule has 0 saturated carbocycles. The fourth-order valence-corrected chi connectivity index (χ4v) is 1.12. The van der Waals surface area contributed by atoms with Gasteiger partial charge in [-0.05, 0) is 12.5 Å². The second-order valence-corrected chi connectivity index (χ2v) is 3.08. The number of rotatable bonds is 2. The molecule has 0 radical (unpaired) electrons. The second kappa shape index (κ2) is 3.92. The van der Waals surface area contributed by atoms with Crippen molar-refractivity contribution in [3.05, 3.63) is 39.4 Å². The summed E-state index contributed by atoms with van der Waals surface area (Å²) < 4.78 is 36.4. The van der Waals surface area contributed by atoms with Gasteiger partial charge in [0.2, 0.25) is 0 Å². The highest BCUT2D eigenvalue weighted by Crippen LogP contribution is 2.26. The maximum absolute atomic E-state index is 12.1. The van der Waals surface area contributed by atoms with E-state index in [0.29, 0.717) is 6.07 Å². The van der Waals surface area contributed by atoms with E-state index in [2.05, 4.69) is 0 Å². The minimum Gasteiger partial charge on any atom is -0.284 e. The predicted octanol–water partition coefficient (Wildman–Crippen LogP) is 2.65. The minimum absolute atomic E-state index is 0.0490. The SMILES string of the molecule is Cc1ccc([N+](=O)[O-])cc1C(=O)C(F)(F)F. The lowest BCUT2D eigenvalue weighted by molar-refractivity contribution is -0.384. The van der Waals surface area contributed by atoms with Gasteiger partial charge in [0.25, 0.3) is 11.5 Å². The highest BCUT2D eigenvalue weighted by Gasteiger charge is 2.40. The van der Waals surface area contributed by atoms with E-state index in [9.17, 15) is 28.1 Å². The van der Waals surface area contributed by atoms with Gasteiger partial charge in [-0.3, -0.25) is 14.9 Å². The Morgan fingerprint density at radius 2 is 1.94 bits per heavy atom. The van der Waals surface area contributed by atoms with Gasteiger partial charge >= 0.3 is 6.18 Å². The fourth-order valence-electron chi connectivity index (χ4n) is 1.12. The van der Waals surface area contributed by atoms with Gasteiger partial charge < -0.3 is 0 Å². The largest absolute Gasteiger partial charge is 0.454 e. The zero-order valence-electron chi connectivity index (χ0n) is 8.04. The lowest BCUT2D eigenvalue weighted by Crippen LogP contribution is -2.23. The van der Waals surface area contributed by atoms with E-state index < -0.39 is 28.1 Å². The highest BCUT2D eigenvalue weighted by atomic mass is 19.4. The molecule has 86 valence electrons. The van der Waals surface area contributed by atoms with Crippen LogP contribution in [-0.2, 0) is 0 Å². The first-order valence-electron chi connectivity index (χ1n) is 4.10. The molecular weight excluding hydrogens is 227 g/mol. The summed E-state index contributed by atoms with van der Waals surface area (Å²) in [5, 5.41) is 10.3. The molecular formula is C9H6F3NO3. The average molecular weight is 233 g/mol. The standard InChI is InChI=1S/C9H6F3NO3/c1-5-2-3-6(13(15)16)4-7(5)8(14)9(10,11)12/h2-4H,1H3. The van der Waals surface area contributed by atoms with Crippen LogP contribution < -0.4 is 0 Å². The summed E-state index contributed by atoms with van der Waals surface area (Å²) in [6, 6.07) is 2.78. The minimum atomic E-state index is -5.03. The summed E-state index contributed by atoms with van der Waals surface area (Å²) in [7, 11) is 0. The normalized spacial score (nSPS) is 11.2. The molecule has 1 rings (SSSR count). The van der Waals surface area contributed by atoms with Crippen LogP contribution in [0.15, 0.2) is 18.2 Å². The number of non-ortho nitro benzene ring substituents is 1. The molecule has 0 aliphatic carbocycles. The van der Waals surface area contributed by atoms with Crippen LogP contribution >= 0.6 is 0 Å². The summed E-state index contributed by atoms with van der Waals surface area (Å²) >= 11 is 0. The topological polar surface area (TPSA) is 60.2 Å². The number of nitro benzene ring substituents is 1. The van der Waals surface area contributed by atoms with E-state index in [1.807, 2.05) is 0 Å². The molecule has 0 aromatic heterocycles. The number of nitro groups is 1. The number of benzene rings is 1. The molecule has 0 saturated heterocycles. The molecule has 0 heterocycles.